The minimum Gasteiger partial charge on any atom is -0.451 e. The standard InChI is InChI=1S/C32H48N4O7S/c1-8-23(4)16-32(39)36(33-31(38)21-34(6)7)27(17-25-12-10-9-11-13-25)28(37)20-35(19-22(2)3)44(40,41)26-14-15-29-30(18-26)43-24(5)42-29/h9-15,18,22-24,27-28,37H,8,16-17,19-21H2,1-7H3,(H,33,38)/t23-,24?,27?,28+/m0/s1. The van der Waals surface area contributed by atoms with Gasteiger partial charge in [0.05, 0.1) is 23.6 Å². The zero-order chi connectivity index (χ0) is 32.6. The van der Waals surface area contributed by atoms with Crippen LogP contribution in [0.3, 0.4) is 0 Å². The molecule has 0 spiro atoms. The minimum absolute atomic E-state index is 0.00500. The molecule has 0 fully saturated rings. The lowest BCUT2D eigenvalue weighted by molar-refractivity contribution is -0.148. The summed E-state index contributed by atoms with van der Waals surface area (Å²) in [5.41, 5.74) is 3.56. The van der Waals surface area contributed by atoms with Crippen molar-refractivity contribution in [3.05, 3.63) is 54.1 Å². The number of carbonyl (C=O) groups is 2. The predicted octanol–water partition coefficient (Wildman–Crippen LogP) is 3.28. The van der Waals surface area contributed by atoms with Crippen molar-refractivity contribution in [2.75, 3.05) is 33.7 Å². The molecule has 44 heavy (non-hydrogen) atoms. The number of aliphatic hydroxyl groups is 1. The van der Waals surface area contributed by atoms with E-state index in [1.807, 2.05) is 58.0 Å². The van der Waals surface area contributed by atoms with E-state index >= 15 is 0 Å². The van der Waals surface area contributed by atoms with E-state index in [9.17, 15) is 23.1 Å². The molecule has 1 aliphatic heterocycles. The van der Waals surface area contributed by atoms with Crippen molar-refractivity contribution in [3.8, 4) is 11.5 Å². The topological polar surface area (TPSA) is 129 Å². The molecule has 0 aliphatic carbocycles. The van der Waals surface area contributed by atoms with Gasteiger partial charge in [0, 0.05) is 32.5 Å². The van der Waals surface area contributed by atoms with Crippen molar-refractivity contribution in [3.63, 3.8) is 0 Å². The van der Waals surface area contributed by atoms with E-state index < -0.39 is 34.4 Å². The molecule has 0 bridgehead atoms. The van der Waals surface area contributed by atoms with Gasteiger partial charge in [-0.25, -0.2) is 13.4 Å². The predicted molar refractivity (Wildman–Crippen MR) is 168 cm³/mol. The Kier molecular flexibility index (Phi) is 12.6. The summed E-state index contributed by atoms with van der Waals surface area (Å²) >= 11 is 0. The highest BCUT2D eigenvalue weighted by Gasteiger charge is 2.37. The van der Waals surface area contributed by atoms with Crippen LogP contribution in [0.4, 0.5) is 0 Å². The summed E-state index contributed by atoms with van der Waals surface area (Å²) in [7, 11) is -0.619. The smallest absolute Gasteiger partial charge is 0.252 e. The highest BCUT2D eigenvalue weighted by Crippen LogP contribution is 2.37. The van der Waals surface area contributed by atoms with Crippen LogP contribution in [0.1, 0.15) is 53.0 Å². The number of carbonyl (C=O) groups excluding carboxylic acids is 2. The average molecular weight is 633 g/mol. The Morgan fingerprint density at radius 3 is 2.27 bits per heavy atom. The van der Waals surface area contributed by atoms with Crippen LogP contribution in [0.2, 0.25) is 0 Å². The number of aliphatic hydroxyl groups excluding tert-OH is 1. The van der Waals surface area contributed by atoms with Crippen LogP contribution in [-0.2, 0) is 26.0 Å². The van der Waals surface area contributed by atoms with Crippen molar-refractivity contribution < 1.29 is 32.6 Å². The second-order valence-electron chi connectivity index (χ2n) is 12.2. The minimum atomic E-state index is -4.10. The van der Waals surface area contributed by atoms with E-state index in [1.54, 1.807) is 32.0 Å². The molecule has 2 N–H and O–H groups in total. The largest absolute Gasteiger partial charge is 0.451 e. The van der Waals surface area contributed by atoms with Crippen LogP contribution in [0.5, 0.6) is 11.5 Å². The second-order valence-corrected chi connectivity index (χ2v) is 14.1. The first kappa shape index (κ1) is 35.3. The van der Waals surface area contributed by atoms with Crippen molar-refractivity contribution in [2.24, 2.45) is 11.8 Å². The number of amides is 2. The maximum absolute atomic E-state index is 14.0. The van der Waals surface area contributed by atoms with Gasteiger partial charge in [0.25, 0.3) is 5.91 Å². The highest BCUT2D eigenvalue weighted by atomic mass is 32.2. The van der Waals surface area contributed by atoms with E-state index in [4.69, 9.17) is 9.47 Å². The second kappa shape index (κ2) is 15.7. The fourth-order valence-corrected chi connectivity index (χ4v) is 6.60. The van der Waals surface area contributed by atoms with Gasteiger partial charge in [-0.15, -0.1) is 0 Å². The lowest BCUT2D eigenvalue weighted by Gasteiger charge is -2.37. The van der Waals surface area contributed by atoms with Crippen molar-refractivity contribution >= 4 is 21.8 Å². The van der Waals surface area contributed by atoms with Gasteiger partial charge in [-0.1, -0.05) is 64.4 Å². The van der Waals surface area contributed by atoms with Crippen LogP contribution >= 0.6 is 0 Å². The van der Waals surface area contributed by atoms with Gasteiger partial charge < -0.3 is 19.5 Å². The Labute approximate surface area is 262 Å². The first-order valence-corrected chi connectivity index (χ1v) is 16.6. The van der Waals surface area contributed by atoms with Gasteiger partial charge in [-0.3, -0.25) is 15.0 Å². The molecule has 2 aromatic rings. The van der Waals surface area contributed by atoms with E-state index in [2.05, 4.69) is 5.43 Å². The molecule has 0 aromatic heterocycles. The number of hydrazine groups is 1. The third-order valence-corrected chi connectivity index (χ3v) is 9.18. The number of hydrogen-bond donors (Lipinski definition) is 2. The molecule has 2 amide bonds. The maximum Gasteiger partial charge on any atom is 0.252 e. The van der Waals surface area contributed by atoms with Crippen LogP contribution in [-0.4, -0.2) is 91.7 Å². The molecule has 1 aliphatic rings. The van der Waals surface area contributed by atoms with Gasteiger partial charge >= 0.3 is 0 Å². The summed E-state index contributed by atoms with van der Waals surface area (Å²) in [6.45, 7) is 9.27. The van der Waals surface area contributed by atoms with Gasteiger partial charge in [-0.05, 0) is 50.0 Å². The molecule has 4 atom stereocenters. The van der Waals surface area contributed by atoms with Crippen LogP contribution in [0.25, 0.3) is 0 Å². The van der Waals surface area contributed by atoms with Gasteiger partial charge in [-0.2, -0.15) is 4.31 Å². The molecular weight excluding hydrogens is 584 g/mol. The summed E-state index contributed by atoms with van der Waals surface area (Å²) in [5, 5.41) is 13.1. The molecule has 0 saturated heterocycles. The quantitative estimate of drug-likeness (QED) is 0.287. The maximum atomic E-state index is 14.0. The van der Waals surface area contributed by atoms with E-state index in [1.165, 1.54) is 21.4 Å². The number of hydrogen-bond acceptors (Lipinski definition) is 8. The lowest BCUT2D eigenvalue weighted by Crippen LogP contribution is -2.60. The number of nitrogens with zero attached hydrogens (tertiary/aromatic N) is 3. The summed E-state index contributed by atoms with van der Waals surface area (Å²) in [4.78, 5) is 28.4. The Balaban J connectivity index is 2.01. The first-order chi connectivity index (χ1) is 20.7. The highest BCUT2D eigenvalue weighted by molar-refractivity contribution is 7.89. The normalized spacial score (nSPS) is 16.7. The molecule has 2 aromatic carbocycles. The van der Waals surface area contributed by atoms with Crippen molar-refractivity contribution in [2.45, 2.75) is 77.2 Å². The summed E-state index contributed by atoms with van der Waals surface area (Å²) in [6, 6.07) is 12.8. The van der Waals surface area contributed by atoms with E-state index in [-0.39, 0.29) is 55.1 Å². The van der Waals surface area contributed by atoms with E-state index in [0.717, 1.165) is 12.0 Å². The number of sulfonamides is 1. The molecule has 244 valence electrons. The fourth-order valence-electron chi connectivity index (χ4n) is 4.96. The number of rotatable bonds is 15. The van der Waals surface area contributed by atoms with Crippen molar-refractivity contribution in [1.82, 2.24) is 19.6 Å². The molecule has 0 saturated carbocycles. The summed E-state index contributed by atoms with van der Waals surface area (Å²) in [6.07, 6.45) is -0.782. The zero-order valence-corrected chi connectivity index (χ0v) is 27.7. The Morgan fingerprint density at radius 1 is 1.00 bits per heavy atom. The van der Waals surface area contributed by atoms with Crippen molar-refractivity contribution in [1.29, 1.82) is 0 Å². The Hall–Kier alpha value is -3.19. The van der Waals surface area contributed by atoms with Gasteiger partial charge in [0.2, 0.25) is 22.2 Å². The number of ether oxygens (including phenoxy) is 2. The average Bonchev–Trinajstić information content (AvgIpc) is 3.33. The van der Waals surface area contributed by atoms with Crippen LogP contribution in [0.15, 0.2) is 53.4 Å². The van der Waals surface area contributed by atoms with Crippen LogP contribution < -0.4 is 14.9 Å². The number of fused-ring (bicyclic) bond motifs is 1. The van der Waals surface area contributed by atoms with Gasteiger partial charge in [0.15, 0.2) is 11.5 Å². The molecular formula is C32H48N4O7S. The Morgan fingerprint density at radius 2 is 1.66 bits per heavy atom. The Bertz CT molecular complexity index is 1350. The third-order valence-electron chi connectivity index (χ3n) is 7.36. The molecule has 0 radical (unpaired) electrons. The summed E-state index contributed by atoms with van der Waals surface area (Å²) < 4.78 is 40.4. The number of nitrogens with one attached hydrogen (secondary N) is 1. The lowest BCUT2D eigenvalue weighted by atomic mass is 9.98. The fraction of sp³-hybridized carbons (Fsp3) is 0.562. The zero-order valence-electron chi connectivity index (χ0n) is 26.9. The molecule has 2 unspecified atom stereocenters. The first-order valence-electron chi connectivity index (χ1n) is 15.2. The molecule has 12 heteroatoms. The monoisotopic (exact) mass is 632 g/mol. The SMILES string of the molecule is CC[C@H](C)CC(=O)N(NC(=O)CN(C)C)C(Cc1ccccc1)[C@H](O)CN(CC(C)C)S(=O)(=O)c1ccc2c(c1)OC(C)O2. The van der Waals surface area contributed by atoms with E-state index in [0.29, 0.717) is 11.5 Å². The number of likely N-dealkylation sites (N-methyl/N-ethyl adjacent to an activating group) is 1. The third kappa shape index (κ3) is 9.65. The van der Waals surface area contributed by atoms with Crippen LogP contribution in [0, 0.1) is 11.8 Å². The molecule has 1 heterocycles. The molecule has 11 nitrogen and oxygen atoms in total. The number of benzene rings is 2. The van der Waals surface area contributed by atoms with Gasteiger partial charge in [0.1, 0.15) is 0 Å². The summed E-state index contributed by atoms with van der Waals surface area (Å²) in [5.74, 6) is -0.0123. The molecule has 3 rings (SSSR count).